The minimum absolute atomic E-state index is 0.664. The Labute approximate surface area is 64.9 Å². The van der Waals surface area contributed by atoms with Crippen LogP contribution in [0.2, 0.25) is 0 Å². The van der Waals surface area contributed by atoms with E-state index in [1.165, 1.54) is 0 Å². The summed E-state index contributed by atoms with van der Waals surface area (Å²) in [4.78, 5) is 0. The average Bonchev–Trinajstić information content (AvgIpc) is 1.92. The molecule has 4 heteroatoms. The quantitative estimate of drug-likeness (QED) is 0.559. The third kappa shape index (κ3) is 1.02. The van der Waals surface area contributed by atoms with Gasteiger partial charge in [0.15, 0.2) is 0 Å². The molecular weight excluding hydrogens is 163 g/mol. The normalized spacial score (nSPS) is 15.4. The van der Waals surface area contributed by atoms with Gasteiger partial charge in [-0.2, -0.15) is 0 Å². The molecule has 2 rings (SSSR count). The first kappa shape index (κ1) is 6.74. The van der Waals surface area contributed by atoms with Crippen LogP contribution < -0.4 is 9.05 Å². The van der Waals surface area contributed by atoms with Crippen LogP contribution >= 0.6 is 8.25 Å². The zero-order valence-corrected chi connectivity index (χ0v) is 6.96. The van der Waals surface area contributed by atoms with Gasteiger partial charge in [0.2, 0.25) is 0 Å². The fourth-order valence-corrected chi connectivity index (χ4v) is 1.86. The van der Waals surface area contributed by atoms with Gasteiger partial charge < -0.3 is 9.05 Å². The van der Waals surface area contributed by atoms with Crippen LogP contribution in [0.15, 0.2) is 18.2 Å². The molecule has 0 spiro atoms. The lowest BCUT2D eigenvalue weighted by molar-refractivity contribution is 0.396. The lowest BCUT2D eigenvalue weighted by atomic mass is 10.2. The standard InChI is InChI=1S/C7H7O3P/c1-5-6-3-2-4-7(5)10-11(8)9-6/h2-4,11H,1H3. The van der Waals surface area contributed by atoms with Gasteiger partial charge in [0.25, 0.3) is 0 Å². The van der Waals surface area contributed by atoms with E-state index in [1.54, 1.807) is 12.1 Å². The Morgan fingerprint density at radius 2 is 1.82 bits per heavy atom. The molecule has 1 aromatic carbocycles. The number of rotatable bonds is 0. The van der Waals surface area contributed by atoms with Gasteiger partial charge in [-0.25, -0.2) is 4.57 Å². The number of fused-ring (bicyclic) bond motifs is 2. The van der Waals surface area contributed by atoms with Crippen molar-refractivity contribution < 1.29 is 13.6 Å². The fraction of sp³-hybridized carbons (Fsp3) is 0.143. The second-order valence-corrected chi connectivity index (χ2v) is 3.24. The summed E-state index contributed by atoms with van der Waals surface area (Å²) in [7, 11) is -2.31. The summed E-state index contributed by atoms with van der Waals surface area (Å²) in [5.74, 6) is 1.33. The van der Waals surface area contributed by atoms with E-state index in [0.29, 0.717) is 11.5 Å². The monoisotopic (exact) mass is 170 g/mol. The van der Waals surface area contributed by atoms with Gasteiger partial charge in [0.1, 0.15) is 11.5 Å². The summed E-state index contributed by atoms with van der Waals surface area (Å²) in [6.45, 7) is 1.87. The van der Waals surface area contributed by atoms with Crippen LogP contribution in [0.3, 0.4) is 0 Å². The van der Waals surface area contributed by atoms with Gasteiger partial charge in [-0.1, -0.05) is 6.07 Å². The predicted octanol–water partition coefficient (Wildman–Crippen LogP) is 2.16. The van der Waals surface area contributed by atoms with Crippen LogP contribution in [0.4, 0.5) is 0 Å². The molecule has 1 aliphatic heterocycles. The fourth-order valence-electron chi connectivity index (χ4n) is 1.02. The highest BCUT2D eigenvalue weighted by Crippen LogP contribution is 2.42. The van der Waals surface area contributed by atoms with Crippen LogP contribution in [0.1, 0.15) is 5.56 Å². The molecule has 1 aromatic rings. The maximum absolute atomic E-state index is 10.9. The summed E-state index contributed by atoms with van der Waals surface area (Å²) < 4.78 is 20.7. The van der Waals surface area contributed by atoms with E-state index in [2.05, 4.69) is 0 Å². The van der Waals surface area contributed by atoms with Gasteiger partial charge in [0, 0.05) is 5.56 Å². The molecule has 0 radical (unpaired) electrons. The van der Waals surface area contributed by atoms with Crippen molar-refractivity contribution >= 4 is 8.25 Å². The number of hydrogen-bond acceptors (Lipinski definition) is 3. The Morgan fingerprint density at radius 3 is 2.36 bits per heavy atom. The van der Waals surface area contributed by atoms with Crippen LogP contribution in [0.5, 0.6) is 11.5 Å². The highest BCUT2D eigenvalue weighted by molar-refractivity contribution is 7.34. The van der Waals surface area contributed by atoms with Crippen molar-refractivity contribution in [3.05, 3.63) is 23.8 Å². The number of benzene rings is 1. The van der Waals surface area contributed by atoms with Gasteiger partial charge in [-0.15, -0.1) is 0 Å². The van der Waals surface area contributed by atoms with E-state index in [-0.39, 0.29) is 0 Å². The minimum Gasteiger partial charge on any atom is -0.418 e. The zero-order valence-electron chi connectivity index (χ0n) is 5.96. The molecule has 2 bridgehead atoms. The molecule has 58 valence electrons. The molecule has 3 nitrogen and oxygen atoms in total. The van der Waals surface area contributed by atoms with E-state index in [1.807, 2.05) is 13.0 Å². The van der Waals surface area contributed by atoms with Crippen molar-refractivity contribution in [2.75, 3.05) is 0 Å². The molecule has 0 N–H and O–H groups in total. The van der Waals surface area contributed by atoms with Crippen LogP contribution in [-0.4, -0.2) is 0 Å². The molecular formula is C7H7O3P. The molecule has 0 atom stereocenters. The van der Waals surface area contributed by atoms with E-state index in [9.17, 15) is 4.57 Å². The van der Waals surface area contributed by atoms with Crippen molar-refractivity contribution in [2.24, 2.45) is 0 Å². The zero-order chi connectivity index (χ0) is 7.84. The first-order valence-corrected chi connectivity index (χ1v) is 4.49. The van der Waals surface area contributed by atoms with Crippen LogP contribution in [0.25, 0.3) is 0 Å². The van der Waals surface area contributed by atoms with Crippen molar-refractivity contribution in [3.8, 4) is 11.5 Å². The maximum Gasteiger partial charge on any atom is 0.418 e. The van der Waals surface area contributed by atoms with Crippen LogP contribution in [0, 0.1) is 6.92 Å². The SMILES string of the molecule is Cc1c2cccc1O[PH](=O)O2. The smallest absolute Gasteiger partial charge is 0.418 e. The molecule has 0 aromatic heterocycles. The Balaban J connectivity index is 2.60. The Hall–Kier alpha value is -0.950. The first-order valence-electron chi connectivity index (χ1n) is 3.26. The summed E-state index contributed by atoms with van der Waals surface area (Å²) in [5.41, 5.74) is 0.914. The predicted molar refractivity (Wildman–Crippen MR) is 41.4 cm³/mol. The minimum atomic E-state index is -2.31. The molecule has 0 saturated heterocycles. The third-order valence-corrected chi connectivity index (χ3v) is 2.39. The summed E-state index contributed by atoms with van der Waals surface area (Å²) in [6, 6.07) is 5.37. The largest absolute Gasteiger partial charge is 0.418 e. The van der Waals surface area contributed by atoms with Crippen molar-refractivity contribution in [3.63, 3.8) is 0 Å². The average molecular weight is 170 g/mol. The van der Waals surface area contributed by atoms with Gasteiger partial charge in [0.05, 0.1) is 0 Å². The summed E-state index contributed by atoms with van der Waals surface area (Å²) in [6.07, 6.45) is 0. The third-order valence-electron chi connectivity index (χ3n) is 1.62. The van der Waals surface area contributed by atoms with Crippen molar-refractivity contribution in [1.29, 1.82) is 0 Å². The van der Waals surface area contributed by atoms with Crippen LogP contribution in [-0.2, 0) is 4.57 Å². The van der Waals surface area contributed by atoms with Crippen molar-refractivity contribution in [2.45, 2.75) is 6.92 Å². The Kier molecular flexibility index (Phi) is 1.40. The first-order chi connectivity index (χ1) is 5.27. The Morgan fingerprint density at radius 1 is 1.27 bits per heavy atom. The molecule has 0 saturated carbocycles. The number of hydrogen-bond donors (Lipinski definition) is 0. The Bertz CT molecular complexity index is 295. The molecule has 0 unspecified atom stereocenters. The molecule has 0 fully saturated rings. The second-order valence-electron chi connectivity index (χ2n) is 2.33. The summed E-state index contributed by atoms with van der Waals surface area (Å²) >= 11 is 0. The van der Waals surface area contributed by atoms with E-state index >= 15 is 0 Å². The summed E-state index contributed by atoms with van der Waals surface area (Å²) in [5, 5.41) is 0. The second kappa shape index (κ2) is 2.28. The molecule has 1 aliphatic rings. The van der Waals surface area contributed by atoms with E-state index in [4.69, 9.17) is 9.05 Å². The lowest BCUT2D eigenvalue weighted by Gasteiger charge is -2.17. The van der Waals surface area contributed by atoms with Crippen molar-refractivity contribution in [1.82, 2.24) is 0 Å². The highest BCUT2D eigenvalue weighted by Gasteiger charge is 2.16. The maximum atomic E-state index is 10.9. The molecule has 0 amide bonds. The topological polar surface area (TPSA) is 35.5 Å². The van der Waals surface area contributed by atoms with E-state index < -0.39 is 8.25 Å². The van der Waals surface area contributed by atoms with Gasteiger partial charge >= 0.3 is 8.25 Å². The molecule has 1 heterocycles. The highest BCUT2D eigenvalue weighted by atomic mass is 31.1. The molecule has 11 heavy (non-hydrogen) atoms. The van der Waals surface area contributed by atoms with E-state index in [0.717, 1.165) is 5.56 Å². The lowest BCUT2D eigenvalue weighted by Crippen LogP contribution is -1.98. The van der Waals surface area contributed by atoms with Gasteiger partial charge in [-0.3, -0.25) is 0 Å². The molecule has 0 aliphatic carbocycles. The van der Waals surface area contributed by atoms with Gasteiger partial charge in [-0.05, 0) is 19.1 Å².